The van der Waals surface area contributed by atoms with Crippen LogP contribution in [0.1, 0.15) is 22.7 Å². The zero-order valence-corrected chi connectivity index (χ0v) is 22.2. The average Bonchev–Trinajstić information content (AvgIpc) is 2.84. The van der Waals surface area contributed by atoms with Crippen molar-refractivity contribution >= 4 is 45.0 Å². The van der Waals surface area contributed by atoms with E-state index in [9.17, 15) is 18.0 Å². The van der Waals surface area contributed by atoms with Gasteiger partial charge in [-0.15, -0.1) is 0 Å². The van der Waals surface area contributed by atoms with Gasteiger partial charge in [0.15, 0.2) is 0 Å². The van der Waals surface area contributed by atoms with E-state index in [1.54, 1.807) is 72.8 Å². The minimum absolute atomic E-state index is 0.0710. The first-order valence-corrected chi connectivity index (χ1v) is 13.7. The summed E-state index contributed by atoms with van der Waals surface area (Å²) in [4.78, 5) is 28.5. The number of hydrogen-bond donors (Lipinski definition) is 1. The van der Waals surface area contributed by atoms with E-state index in [0.29, 0.717) is 15.6 Å². The molecular formula is C26H27Cl2N3O4S. The summed E-state index contributed by atoms with van der Waals surface area (Å²) in [6.45, 7) is -0.118. The zero-order chi connectivity index (χ0) is 26.3. The van der Waals surface area contributed by atoms with Gasteiger partial charge in [-0.05, 0) is 41.0 Å². The molecule has 0 aromatic heterocycles. The molecule has 0 aliphatic rings. The molecule has 0 radical (unpaired) electrons. The number of carbonyl (C=O) groups is 2. The summed E-state index contributed by atoms with van der Waals surface area (Å²) in [6.07, 6.45) is 1.03. The van der Waals surface area contributed by atoms with Crippen molar-refractivity contribution in [2.24, 2.45) is 0 Å². The molecule has 0 aliphatic heterocycles. The maximum atomic E-state index is 13.6. The second kappa shape index (κ2) is 12.4. The highest BCUT2D eigenvalue weighted by molar-refractivity contribution is 7.88. The second-order valence-corrected chi connectivity index (χ2v) is 11.3. The molecule has 190 valence electrons. The molecule has 0 heterocycles. The Balaban J connectivity index is 1.96. The number of benzene rings is 3. The van der Waals surface area contributed by atoms with Crippen molar-refractivity contribution in [1.29, 1.82) is 0 Å². The van der Waals surface area contributed by atoms with Crippen LogP contribution in [0.3, 0.4) is 0 Å². The van der Waals surface area contributed by atoms with Crippen LogP contribution in [-0.4, -0.2) is 49.3 Å². The van der Waals surface area contributed by atoms with Crippen LogP contribution in [0, 0.1) is 0 Å². The van der Waals surface area contributed by atoms with Gasteiger partial charge < -0.3 is 10.2 Å². The number of carbonyl (C=O) groups excluding carboxylic acids is 2. The Morgan fingerprint density at radius 3 is 1.92 bits per heavy atom. The van der Waals surface area contributed by atoms with Gasteiger partial charge in [-0.2, -0.15) is 4.31 Å². The molecular weight excluding hydrogens is 521 g/mol. The lowest BCUT2D eigenvalue weighted by molar-refractivity contribution is -0.141. The molecule has 10 heteroatoms. The number of halogens is 2. The molecule has 3 aromatic carbocycles. The Bertz CT molecular complexity index is 1290. The maximum Gasteiger partial charge on any atom is 0.247 e. The monoisotopic (exact) mass is 547 g/mol. The lowest BCUT2D eigenvalue weighted by Crippen LogP contribution is -2.47. The minimum atomic E-state index is -3.61. The first-order chi connectivity index (χ1) is 17.0. The number of sulfonamides is 1. The van der Waals surface area contributed by atoms with Crippen LogP contribution < -0.4 is 5.32 Å². The molecule has 0 saturated heterocycles. The van der Waals surface area contributed by atoms with Crippen LogP contribution in [0.25, 0.3) is 0 Å². The largest absolute Gasteiger partial charge is 0.350 e. The maximum absolute atomic E-state index is 13.6. The van der Waals surface area contributed by atoms with Crippen LogP contribution in [0.2, 0.25) is 10.0 Å². The van der Waals surface area contributed by atoms with Crippen LogP contribution >= 0.6 is 23.2 Å². The predicted molar refractivity (Wildman–Crippen MR) is 142 cm³/mol. The summed E-state index contributed by atoms with van der Waals surface area (Å²) in [5.41, 5.74) is 2.17. The van der Waals surface area contributed by atoms with E-state index in [1.807, 2.05) is 6.07 Å². The molecule has 0 spiro atoms. The van der Waals surface area contributed by atoms with Crippen LogP contribution in [0.4, 0.5) is 0 Å². The summed E-state index contributed by atoms with van der Waals surface area (Å²) in [7, 11) is -2.29. The quantitative estimate of drug-likeness (QED) is 0.410. The number of amides is 2. The van der Waals surface area contributed by atoms with Crippen molar-refractivity contribution in [2.45, 2.75) is 19.1 Å². The van der Waals surface area contributed by atoms with Gasteiger partial charge in [-0.25, -0.2) is 8.42 Å². The van der Waals surface area contributed by atoms with Crippen LogP contribution in [0.15, 0.2) is 78.9 Å². The molecule has 0 saturated carbocycles. The van der Waals surface area contributed by atoms with Crippen LogP contribution in [-0.2, 0) is 32.7 Å². The van der Waals surface area contributed by atoms with Crippen molar-refractivity contribution in [1.82, 2.24) is 14.5 Å². The summed E-state index contributed by atoms with van der Waals surface area (Å²) in [5, 5.41) is 4.02. The van der Waals surface area contributed by atoms with Gasteiger partial charge >= 0.3 is 0 Å². The van der Waals surface area contributed by atoms with Crippen molar-refractivity contribution in [3.63, 3.8) is 0 Å². The SMILES string of the molecule is CN(CC(=O)N(Cc1ccc(Cl)cc1)C(C(=O)NCc1ccc(Cl)cc1)c1ccccc1)S(C)(=O)=O. The highest BCUT2D eigenvalue weighted by Gasteiger charge is 2.32. The molecule has 0 aliphatic carbocycles. The number of nitrogens with zero attached hydrogens (tertiary/aromatic N) is 2. The minimum Gasteiger partial charge on any atom is -0.350 e. The van der Waals surface area contributed by atoms with Gasteiger partial charge in [-0.3, -0.25) is 9.59 Å². The Morgan fingerprint density at radius 2 is 1.39 bits per heavy atom. The van der Waals surface area contributed by atoms with Gasteiger partial charge in [0.05, 0.1) is 12.8 Å². The van der Waals surface area contributed by atoms with E-state index in [-0.39, 0.29) is 13.1 Å². The molecule has 3 rings (SSSR count). The fraction of sp³-hybridized carbons (Fsp3) is 0.231. The number of likely N-dealkylation sites (N-methyl/N-ethyl adjacent to an activating group) is 1. The number of hydrogen-bond acceptors (Lipinski definition) is 4. The van der Waals surface area contributed by atoms with Gasteiger partial charge in [-0.1, -0.05) is 77.8 Å². The average molecular weight is 548 g/mol. The molecule has 0 bridgehead atoms. The molecule has 1 unspecified atom stereocenters. The van der Waals surface area contributed by atoms with Gasteiger partial charge in [0.2, 0.25) is 21.8 Å². The van der Waals surface area contributed by atoms with E-state index in [0.717, 1.165) is 21.7 Å². The molecule has 0 fully saturated rings. The summed E-state index contributed by atoms with van der Waals surface area (Å²) in [5.74, 6) is -0.922. The van der Waals surface area contributed by atoms with Crippen molar-refractivity contribution in [2.75, 3.05) is 19.8 Å². The molecule has 2 amide bonds. The molecule has 1 atom stereocenters. The first-order valence-electron chi connectivity index (χ1n) is 11.1. The lowest BCUT2D eigenvalue weighted by atomic mass is 10.0. The van der Waals surface area contributed by atoms with Gasteiger partial charge in [0.25, 0.3) is 0 Å². The molecule has 36 heavy (non-hydrogen) atoms. The highest BCUT2D eigenvalue weighted by atomic mass is 35.5. The van der Waals surface area contributed by atoms with Crippen molar-refractivity contribution < 1.29 is 18.0 Å². The first kappa shape index (κ1) is 27.7. The van der Waals surface area contributed by atoms with E-state index < -0.39 is 34.4 Å². The van der Waals surface area contributed by atoms with Gasteiger partial charge in [0.1, 0.15) is 6.04 Å². The third-order valence-electron chi connectivity index (χ3n) is 5.57. The fourth-order valence-electron chi connectivity index (χ4n) is 3.50. The second-order valence-electron chi connectivity index (χ2n) is 8.32. The third kappa shape index (κ3) is 7.80. The summed E-state index contributed by atoms with van der Waals surface area (Å²) in [6, 6.07) is 21.9. The summed E-state index contributed by atoms with van der Waals surface area (Å²) >= 11 is 12.0. The Kier molecular flexibility index (Phi) is 9.50. The Labute approximate surface area is 221 Å². The van der Waals surface area contributed by atoms with E-state index >= 15 is 0 Å². The third-order valence-corrected chi connectivity index (χ3v) is 7.33. The lowest BCUT2D eigenvalue weighted by Gasteiger charge is -2.32. The smallest absolute Gasteiger partial charge is 0.247 e. The van der Waals surface area contributed by atoms with Crippen molar-refractivity contribution in [3.05, 3.63) is 106 Å². The topological polar surface area (TPSA) is 86.8 Å². The molecule has 3 aromatic rings. The highest BCUT2D eigenvalue weighted by Crippen LogP contribution is 2.25. The van der Waals surface area contributed by atoms with Gasteiger partial charge in [0, 0.05) is 30.2 Å². The molecule has 7 nitrogen and oxygen atoms in total. The van der Waals surface area contributed by atoms with E-state index in [2.05, 4.69) is 5.32 Å². The van der Waals surface area contributed by atoms with E-state index in [1.165, 1.54) is 11.9 Å². The number of rotatable bonds is 10. The zero-order valence-electron chi connectivity index (χ0n) is 19.9. The number of nitrogens with one attached hydrogen (secondary N) is 1. The van der Waals surface area contributed by atoms with E-state index in [4.69, 9.17) is 23.2 Å². The van der Waals surface area contributed by atoms with Crippen molar-refractivity contribution in [3.8, 4) is 0 Å². The normalized spacial score (nSPS) is 12.2. The summed E-state index contributed by atoms with van der Waals surface area (Å²) < 4.78 is 24.9. The standard InChI is InChI=1S/C26H27Cl2N3O4S/c1-30(36(2,34)35)18-24(32)31(17-20-10-14-23(28)15-11-20)25(21-6-4-3-5-7-21)26(33)29-16-19-8-12-22(27)13-9-19/h3-15,25H,16-18H2,1-2H3,(H,29,33). The molecule has 1 N–H and O–H groups in total. The Hall–Kier alpha value is -2.91. The van der Waals surface area contributed by atoms with Crippen LogP contribution in [0.5, 0.6) is 0 Å². The fourth-order valence-corrected chi connectivity index (χ4v) is 4.10. The predicted octanol–water partition coefficient (Wildman–Crippen LogP) is 4.27. The Morgan fingerprint density at radius 1 is 0.861 bits per heavy atom.